The first-order valence-electron chi connectivity index (χ1n) is 11.4. The summed E-state index contributed by atoms with van der Waals surface area (Å²) in [6, 6.07) is 34.8. The summed E-state index contributed by atoms with van der Waals surface area (Å²) in [5, 5.41) is 0. The van der Waals surface area contributed by atoms with E-state index >= 15 is 0 Å². The normalized spacial score (nSPS) is 9.16. The molecule has 6 aromatic heterocycles. The number of pyridine rings is 6. The summed E-state index contributed by atoms with van der Waals surface area (Å²) in [6.45, 7) is 0. The predicted octanol–water partition coefficient (Wildman–Crippen LogP) is 6.85. The van der Waals surface area contributed by atoms with E-state index in [1.807, 2.05) is 109 Å². The molecule has 8 heteroatoms. The van der Waals surface area contributed by atoms with Crippen molar-refractivity contribution in [1.82, 2.24) is 29.9 Å². The fourth-order valence-corrected chi connectivity index (χ4v) is 3.09. The van der Waals surface area contributed by atoms with Crippen LogP contribution < -0.4 is 0 Å². The minimum Gasteiger partial charge on any atom is -0.255 e. The molecule has 0 aromatic carbocycles. The van der Waals surface area contributed by atoms with Crippen LogP contribution in [0.3, 0.4) is 0 Å². The van der Waals surface area contributed by atoms with Crippen molar-refractivity contribution in [2.24, 2.45) is 0 Å². The van der Waals surface area contributed by atoms with E-state index in [0.29, 0.717) is 0 Å². The van der Waals surface area contributed by atoms with Crippen LogP contribution in [0.4, 0.5) is 0 Å². The first-order chi connectivity index (χ1) is 17.9. The second-order valence-corrected chi connectivity index (χ2v) is 7.29. The number of halogens is 1. The third kappa shape index (κ3) is 9.70. The van der Waals surface area contributed by atoms with Gasteiger partial charge in [-0.2, -0.15) is 0 Å². The molecule has 0 aliphatic heterocycles. The van der Waals surface area contributed by atoms with Crippen LogP contribution in [0.5, 0.6) is 0 Å². The van der Waals surface area contributed by atoms with Crippen LogP contribution in [0.15, 0.2) is 146 Å². The van der Waals surface area contributed by atoms with E-state index in [9.17, 15) is 0 Å². The fraction of sp³-hybridized carbons (Fsp3) is 0. The monoisotopic (exact) mass is 606 g/mol. The standard InChI is InChI=1S/3C10H8N2.ClH.Ru/c3*1-3-7-11-9(5-1)10-6-2-4-8-12-10;;/h3*1-8H;1H;. The van der Waals surface area contributed by atoms with Crippen LogP contribution in [-0.2, 0) is 19.5 Å². The minimum atomic E-state index is 0. The summed E-state index contributed by atoms with van der Waals surface area (Å²) in [7, 11) is 0. The molecule has 6 heterocycles. The van der Waals surface area contributed by atoms with Crippen molar-refractivity contribution < 1.29 is 19.5 Å². The maximum absolute atomic E-state index is 4.19. The molecule has 0 aliphatic rings. The predicted molar refractivity (Wildman–Crippen MR) is 150 cm³/mol. The molecular formula is C30H25ClN6Ru. The largest absolute Gasteiger partial charge is 0.255 e. The second kappa shape index (κ2) is 17.3. The maximum atomic E-state index is 4.19. The summed E-state index contributed by atoms with van der Waals surface area (Å²) in [5.74, 6) is 0. The molecule has 0 atom stereocenters. The average molecular weight is 606 g/mol. The Hall–Kier alpha value is -4.19. The van der Waals surface area contributed by atoms with Gasteiger partial charge in [-0.1, -0.05) is 36.4 Å². The van der Waals surface area contributed by atoms with Gasteiger partial charge in [0, 0.05) is 56.7 Å². The summed E-state index contributed by atoms with van der Waals surface area (Å²) in [6.07, 6.45) is 10.6. The Labute approximate surface area is 241 Å². The Morgan fingerprint density at radius 1 is 0.263 bits per heavy atom. The number of aromatic nitrogens is 6. The van der Waals surface area contributed by atoms with Gasteiger partial charge in [-0.3, -0.25) is 29.9 Å². The van der Waals surface area contributed by atoms with Crippen LogP contribution in [-0.4, -0.2) is 29.9 Å². The van der Waals surface area contributed by atoms with Gasteiger partial charge in [0.25, 0.3) is 0 Å². The van der Waals surface area contributed by atoms with Crippen molar-refractivity contribution in [1.29, 1.82) is 0 Å². The summed E-state index contributed by atoms with van der Waals surface area (Å²) in [4.78, 5) is 25.1. The maximum Gasteiger partial charge on any atom is 0.0886 e. The molecule has 0 fully saturated rings. The molecular weight excluding hydrogens is 581 g/mol. The topological polar surface area (TPSA) is 77.3 Å². The van der Waals surface area contributed by atoms with Gasteiger partial charge in [-0.15, -0.1) is 12.4 Å². The van der Waals surface area contributed by atoms with Crippen molar-refractivity contribution in [3.8, 4) is 34.2 Å². The van der Waals surface area contributed by atoms with Gasteiger partial charge in [0.15, 0.2) is 0 Å². The summed E-state index contributed by atoms with van der Waals surface area (Å²) >= 11 is 0. The molecule has 0 spiro atoms. The molecule has 0 radical (unpaired) electrons. The SMILES string of the molecule is Cl.[Ru].c1ccc(-c2ccccn2)nc1.c1ccc(-c2ccccn2)nc1.c1ccc(-c2ccccn2)nc1. The molecule has 0 bridgehead atoms. The molecule has 0 amide bonds. The van der Waals surface area contributed by atoms with Gasteiger partial charge in [0.2, 0.25) is 0 Å². The van der Waals surface area contributed by atoms with Crippen molar-refractivity contribution in [2.45, 2.75) is 0 Å². The van der Waals surface area contributed by atoms with Crippen molar-refractivity contribution in [2.75, 3.05) is 0 Å². The fourth-order valence-electron chi connectivity index (χ4n) is 3.09. The molecule has 190 valence electrons. The third-order valence-electron chi connectivity index (χ3n) is 4.78. The molecule has 0 aliphatic carbocycles. The molecule has 6 nitrogen and oxygen atoms in total. The van der Waals surface area contributed by atoms with Gasteiger partial charge in [-0.05, 0) is 72.8 Å². The number of nitrogens with zero attached hydrogens (tertiary/aromatic N) is 6. The first kappa shape index (κ1) is 30.0. The van der Waals surface area contributed by atoms with E-state index in [-0.39, 0.29) is 31.9 Å². The Kier molecular flexibility index (Phi) is 13.7. The first-order valence-corrected chi connectivity index (χ1v) is 11.4. The smallest absolute Gasteiger partial charge is 0.0886 e. The molecule has 38 heavy (non-hydrogen) atoms. The zero-order valence-corrected chi connectivity index (χ0v) is 22.9. The molecule has 0 saturated carbocycles. The third-order valence-corrected chi connectivity index (χ3v) is 4.78. The quantitative estimate of drug-likeness (QED) is 0.205. The van der Waals surface area contributed by atoms with Crippen molar-refractivity contribution in [3.05, 3.63) is 146 Å². The molecule has 0 saturated heterocycles. The van der Waals surface area contributed by atoms with Crippen LogP contribution >= 0.6 is 12.4 Å². The van der Waals surface area contributed by atoms with Crippen LogP contribution in [0, 0.1) is 0 Å². The zero-order valence-electron chi connectivity index (χ0n) is 20.3. The number of hydrogen-bond acceptors (Lipinski definition) is 6. The molecule has 6 rings (SSSR count). The van der Waals surface area contributed by atoms with Gasteiger partial charge in [0.05, 0.1) is 34.2 Å². The Balaban J connectivity index is 0.000000195. The van der Waals surface area contributed by atoms with Crippen molar-refractivity contribution >= 4 is 12.4 Å². The average Bonchev–Trinajstić information content (AvgIpc) is 3.01. The minimum absolute atomic E-state index is 0. The Morgan fingerprint density at radius 3 is 0.526 bits per heavy atom. The van der Waals surface area contributed by atoms with Crippen LogP contribution in [0.2, 0.25) is 0 Å². The number of hydrogen-bond donors (Lipinski definition) is 0. The van der Waals surface area contributed by atoms with Gasteiger partial charge in [-0.25, -0.2) is 0 Å². The summed E-state index contributed by atoms with van der Waals surface area (Å²) < 4.78 is 0. The molecule has 0 N–H and O–H groups in total. The van der Waals surface area contributed by atoms with Gasteiger partial charge >= 0.3 is 0 Å². The van der Waals surface area contributed by atoms with Crippen molar-refractivity contribution in [3.63, 3.8) is 0 Å². The van der Waals surface area contributed by atoms with E-state index in [1.54, 1.807) is 37.2 Å². The Morgan fingerprint density at radius 2 is 0.421 bits per heavy atom. The van der Waals surface area contributed by atoms with Gasteiger partial charge < -0.3 is 0 Å². The van der Waals surface area contributed by atoms with Crippen LogP contribution in [0.25, 0.3) is 34.2 Å². The Bertz CT molecular complexity index is 1110. The summed E-state index contributed by atoms with van der Waals surface area (Å²) in [5.41, 5.74) is 5.49. The zero-order chi connectivity index (χ0) is 24.7. The second-order valence-electron chi connectivity index (χ2n) is 7.29. The van der Waals surface area contributed by atoms with E-state index in [0.717, 1.165) is 34.2 Å². The molecule has 6 aromatic rings. The number of rotatable bonds is 3. The van der Waals surface area contributed by atoms with Gasteiger partial charge in [0.1, 0.15) is 0 Å². The molecule has 0 unspecified atom stereocenters. The van der Waals surface area contributed by atoms with E-state index in [1.165, 1.54) is 0 Å². The van der Waals surface area contributed by atoms with E-state index in [4.69, 9.17) is 0 Å². The van der Waals surface area contributed by atoms with E-state index < -0.39 is 0 Å². The van der Waals surface area contributed by atoms with E-state index in [2.05, 4.69) is 29.9 Å². The van der Waals surface area contributed by atoms with Crippen LogP contribution in [0.1, 0.15) is 0 Å².